The van der Waals surface area contributed by atoms with Crippen molar-refractivity contribution in [1.82, 2.24) is 0 Å². The molecule has 0 unspecified atom stereocenters. The Morgan fingerprint density at radius 2 is 1.86 bits per heavy atom. The van der Waals surface area contributed by atoms with Gasteiger partial charge in [0.05, 0.1) is 19.8 Å². The molecule has 1 aromatic carbocycles. The van der Waals surface area contributed by atoms with Crippen molar-refractivity contribution >= 4 is 8.07 Å². The molecular formula is C17H26O3Si. The molecule has 0 saturated heterocycles. The minimum absolute atomic E-state index is 0.398. The zero-order valence-electron chi connectivity index (χ0n) is 13.5. The van der Waals surface area contributed by atoms with Gasteiger partial charge in [-0.05, 0) is 24.1 Å². The molecule has 0 aromatic heterocycles. The van der Waals surface area contributed by atoms with Crippen LogP contribution in [0.4, 0.5) is 0 Å². The Bertz CT molecular complexity index is 466. The lowest BCUT2D eigenvalue weighted by Crippen LogP contribution is -2.17. The molecule has 0 amide bonds. The first-order chi connectivity index (χ1) is 9.90. The van der Waals surface area contributed by atoms with Crippen molar-refractivity contribution in [3.63, 3.8) is 0 Å². The third kappa shape index (κ3) is 8.56. The normalized spacial score (nSPS) is 12.4. The first-order valence-corrected chi connectivity index (χ1v) is 10.8. The highest BCUT2D eigenvalue weighted by atomic mass is 28.3. The minimum Gasteiger partial charge on any atom is -0.497 e. The monoisotopic (exact) mass is 306 g/mol. The van der Waals surface area contributed by atoms with Gasteiger partial charge in [0.25, 0.3) is 0 Å². The van der Waals surface area contributed by atoms with E-state index >= 15 is 0 Å². The predicted molar refractivity (Wildman–Crippen MR) is 89.0 cm³/mol. The van der Waals surface area contributed by atoms with E-state index in [1.807, 2.05) is 24.3 Å². The van der Waals surface area contributed by atoms with Gasteiger partial charge in [0.1, 0.15) is 13.8 Å². The van der Waals surface area contributed by atoms with Gasteiger partial charge < -0.3 is 14.6 Å². The van der Waals surface area contributed by atoms with Crippen molar-refractivity contribution in [3.05, 3.63) is 29.8 Å². The van der Waals surface area contributed by atoms with Crippen LogP contribution in [0, 0.1) is 11.5 Å². The van der Waals surface area contributed by atoms with E-state index in [2.05, 4.69) is 31.1 Å². The van der Waals surface area contributed by atoms with Gasteiger partial charge in [-0.1, -0.05) is 31.8 Å². The number of hydrogen-bond acceptors (Lipinski definition) is 3. The molecule has 0 heterocycles. The average Bonchev–Trinajstić information content (AvgIpc) is 2.43. The van der Waals surface area contributed by atoms with E-state index in [1.54, 1.807) is 7.11 Å². The van der Waals surface area contributed by atoms with Crippen LogP contribution in [0.2, 0.25) is 19.6 Å². The molecule has 1 rings (SSSR count). The average molecular weight is 306 g/mol. The molecule has 1 atom stereocenters. The molecule has 0 aliphatic heterocycles. The number of ether oxygens (including phenoxy) is 2. The van der Waals surface area contributed by atoms with Crippen LogP contribution in [0.1, 0.15) is 18.4 Å². The van der Waals surface area contributed by atoms with Crippen LogP contribution in [-0.4, -0.2) is 33.0 Å². The van der Waals surface area contributed by atoms with E-state index in [0.29, 0.717) is 26.1 Å². The maximum atomic E-state index is 9.83. The first kappa shape index (κ1) is 17.8. The van der Waals surface area contributed by atoms with Crippen LogP contribution in [0.5, 0.6) is 5.75 Å². The van der Waals surface area contributed by atoms with Gasteiger partial charge in [-0.15, -0.1) is 11.5 Å². The predicted octanol–water partition coefficient (Wildman–Crippen LogP) is 3.23. The van der Waals surface area contributed by atoms with E-state index in [9.17, 15) is 5.11 Å². The third-order valence-corrected chi connectivity index (χ3v) is 3.75. The van der Waals surface area contributed by atoms with Crippen LogP contribution in [0.25, 0.3) is 0 Å². The third-order valence-electron chi connectivity index (χ3n) is 2.82. The highest BCUT2D eigenvalue weighted by molar-refractivity contribution is 6.83. The van der Waals surface area contributed by atoms with Crippen molar-refractivity contribution in [1.29, 1.82) is 0 Å². The first-order valence-electron chi connectivity index (χ1n) is 7.29. The summed E-state index contributed by atoms with van der Waals surface area (Å²) in [6, 6.07) is 7.79. The van der Waals surface area contributed by atoms with Gasteiger partial charge in [-0.25, -0.2) is 0 Å². The second kappa shape index (κ2) is 8.88. The minimum atomic E-state index is -1.33. The van der Waals surface area contributed by atoms with Crippen molar-refractivity contribution in [3.8, 4) is 17.2 Å². The number of methoxy groups -OCH3 is 1. The van der Waals surface area contributed by atoms with E-state index in [1.165, 1.54) is 0 Å². The molecule has 0 bridgehead atoms. The molecular weight excluding hydrogens is 280 g/mol. The highest BCUT2D eigenvalue weighted by Gasteiger charge is 2.08. The maximum Gasteiger partial charge on any atom is 0.129 e. The van der Waals surface area contributed by atoms with Crippen LogP contribution in [-0.2, 0) is 11.3 Å². The number of aliphatic hydroxyl groups is 1. The van der Waals surface area contributed by atoms with Crippen molar-refractivity contribution in [2.24, 2.45) is 0 Å². The summed E-state index contributed by atoms with van der Waals surface area (Å²) in [5.41, 5.74) is 4.36. The largest absolute Gasteiger partial charge is 0.497 e. The molecule has 21 heavy (non-hydrogen) atoms. The Balaban J connectivity index is 2.19. The summed E-state index contributed by atoms with van der Waals surface area (Å²) in [4.78, 5) is 0. The smallest absolute Gasteiger partial charge is 0.129 e. The second-order valence-corrected chi connectivity index (χ2v) is 10.8. The summed E-state index contributed by atoms with van der Waals surface area (Å²) in [6.45, 7) is 7.69. The van der Waals surface area contributed by atoms with Gasteiger partial charge in [0, 0.05) is 13.0 Å². The van der Waals surface area contributed by atoms with Gasteiger partial charge in [0.2, 0.25) is 0 Å². The van der Waals surface area contributed by atoms with Crippen LogP contribution >= 0.6 is 0 Å². The topological polar surface area (TPSA) is 38.7 Å². The van der Waals surface area contributed by atoms with Gasteiger partial charge in [-0.3, -0.25) is 0 Å². The maximum absolute atomic E-state index is 9.83. The summed E-state index contributed by atoms with van der Waals surface area (Å²) in [7, 11) is 0.323. The van der Waals surface area contributed by atoms with Crippen molar-refractivity contribution in [2.45, 2.75) is 45.2 Å². The van der Waals surface area contributed by atoms with Crippen LogP contribution < -0.4 is 4.74 Å². The van der Waals surface area contributed by atoms with E-state index in [-0.39, 0.29) is 0 Å². The number of benzene rings is 1. The Morgan fingerprint density at radius 3 is 2.43 bits per heavy atom. The molecule has 0 spiro atoms. The zero-order valence-corrected chi connectivity index (χ0v) is 14.5. The summed E-state index contributed by atoms with van der Waals surface area (Å²) >= 11 is 0. The van der Waals surface area contributed by atoms with Crippen molar-refractivity contribution in [2.75, 3.05) is 13.7 Å². The Morgan fingerprint density at radius 1 is 1.19 bits per heavy atom. The SMILES string of the molecule is COc1ccc(COCC[C@H](O)CC#C[Si](C)(C)C)cc1. The summed E-state index contributed by atoms with van der Waals surface area (Å²) in [5.74, 6) is 3.93. The molecule has 1 aromatic rings. The fourth-order valence-electron chi connectivity index (χ4n) is 1.67. The van der Waals surface area contributed by atoms with Crippen LogP contribution in [0.15, 0.2) is 24.3 Å². The van der Waals surface area contributed by atoms with Crippen molar-refractivity contribution < 1.29 is 14.6 Å². The molecule has 116 valence electrons. The molecule has 0 aliphatic rings. The Labute approximate surface area is 129 Å². The standard InChI is InChI=1S/C17H26O3Si/c1-19-17-9-7-15(8-10-17)14-20-12-11-16(18)6-5-13-21(2,3)4/h7-10,16,18H,6,11-12,14H2,1-4H3/t16-/m1/s1. The molecule has 0 saturated carbocycles. The molecule has 4 heteroatoms. The number of hydrogen-bond donors (Lipinski definition) is 1. The van der Waals surface area contributed by atoms with Gasteiger partial charge in [0.15, 0.2) is 0 Å². The van der Waals surface area contributed by atoms with E-state index < -0.39 is 14.2 Å². The second-order valence-electron chi connectivity index (χ2n) is 6.10. The molecule has 0 aliphatic carbocycles. The molecule has 1 N–H and O–H groups in total. The number of rotatable bonds is 7. The van der Waals surface area contributed by atoms with Crippen LogP contribution in [0.3, 0.4) is 0 Å². The summed E-state index contributed by atoms with van der Waals surface area (Å²) in [6.07, 6.45) is 0.761. The van der Waals surface area contributed by atoms with Gasteiger partial charge >= 0.3 is 0 Å². The quantitative estimate of drug-likeness (QED) is 0.477. The lowest BCUT2D eigenvalue weighted by molar-refractivity contribution is 0.0753. The summed E-state index contributed by atoms with van der Waals surface area (Å²) in [5, 5.41) is 9.83. The highest BCUT2D eigenvalue weighted by Crippen LogP contribution is 2.12. The Kier molecular flexibility index (Phi) is 7.52. The fraction of sp³-hybridized carbons (Fsp3) is 0.529. The zero-order chi connectivity index (χ0) is 15.7. The molecule has 0 fully saturated rings. The fourth-order valence-corrected chi connectivity index (χ4v) is 2.30. The lowest BCUT2D eigenvalue weighted by atomic mass is 10.2. The van der Waals surface area contributed by atoms with E-state index in [0.717, 1.165) is 11.3 Å². The number of aliphatic hydroxyl groups excluding tert-OH is 1. The van der Waals surface area contributed by atoms with E-state index in [4.69, 9.17) is 9.47 Å². The lowest BCUT2D eigenvalue weighted by Gasteiger charge is -2.09. The van der Waals surface area contributed by atoms with Gasteiger partial charge in [-0.2, -0.15) is 0 Å². The molecule has 3 nitrogen and oxygen atoms in total. The Hall–Kier alpha value is -1.28. The molecule has 0 radical (unpaired) electrons. The summed E-state index contributed by atoms with van der Waals surface area (Å²) < 4.78 is 10.7.